The third-order valence-electron chi connectivity index (χ3n) is 8.76. The Balaban J connectivity index is 1.33. The molecule has 0 radical (unpaired) electrons. The van der Waals surface area contributed by atoms with Crippen LogP contribution < -0.4 is 14.5 Å². The average Bonchev–Trinajstić information content (AvgIpc) is 3.86. The number of hydrogen-bond donors (Lipinski definition) is 0. The number of anilines is 2. The zero-order chi connectivity index (χ0) is 30.1. The highest BCUT2D eigenvalue weighted by Crippen LogP contribution is 2.37. The van der Waals surface area contributed by atoms with Gasteiger partial charge in [0.2, 0.25) is 12.5 Å². The lowest BCUT2D eigenvalue weighted by atomic mass is 10.0. The summed E-state index contributed by atoms with van der Waals surface area (Å²) in [7, 11) is 2.14. The zero-order valence-electron chi connectivity index (χ0n) is 24.9. The summed E-state index contributed by atoms with van der Waals surface area (Å²) in [6, 6.07) is 13.1. The van der Waals surface area contributed by atoms with E-state index in [1.165, 1.54) is 18.9 Å². The van der Waals surface area contributed by atoms with Crippen LogP contribution in [0.4, 0.5) is 11.5 Å². The number of carbonyl (C=O) groups is 1. The topological polar surface area (TPSA) is 69.4 Å². The molecule has 10 heteroatoms. The van der Waals surface area contributed by atoms with Crippen LogP contribution in [0.2, 0.25) is 5.02 Å². The summed E-state index contributed by atoms with van der Waals surface area (Å²) in [6.07, 6.45) is 4.49. The molecule has 1 aromatic heterocycles. The fraction of sp³-hybridized carbons (Fsp3) is 0.455. The van der Waals surface area contributed by atoms with Gasteiger partial charge in [0.05, 0.1) is 17.3 Å². The molecule has 3 aliphatic rings. The predicted octanol–water partition coefficient (Wildman–Crippen LogP) is 4.83. The number of nitrogens with zero attached hydrogens (tertiary/aromatic N) is 7. The van der Waals surface area contributed by atoms with Crippen LogP contribution in [-0.2, 0) is 17.8 Å². The van der Waals surface area contributed by atoms with E-state index in [0.717, 1.165) is 58.1 Å². The predicted molar refractivity (Wildman–Crippen MR) is 171 cm³/mol. The second kappa shape index (κ2) is 12.4. The summed E-state index contributed by atoms with van der Waals surface area (Å²) >= 11 is 6.70. The van der Waals surface area contributed by atoms with Crippen LogP contribution in [0.1, 0.15) is 31.0 Å². The number of carbonyl (C=O) groups excluding carboxylic acids is 1. The third kappa shape index (κ3) is 6.13. The summed E-state index contributed by atoms with van der Waals surface area (Å²) in [5, 5.41) is 2.88. The molecule has 1 aliphatic carbocycles. The average molecular weight is 600 g/mol. The van der Waals surface area contributed by atoms with Gasteiger partial charge < -0.3 is 24.3 Å². The Kier molecular flexibility index (Phi) is 8.42. The highest BCUT2D eigenvalue weighted by atomic mass is 35.5. The SMILES string of the molecule is [C-]#[N+]C[C@H]1CN(c2nc(O[C@H](C)CN(C)C3CC3)nc3c2CCN(c2cccc4cccc(Cl)c24)C3)CCN1C(=O)C=C. The number of ether oxygens (including phenoxy) is 1. The number of likely N-dealkylation sites (N-methyl/N-ethyl adjacent to an activating group) is 1. The fourth-order valence-corrected chi connectivity index (χ4v) is 6.73. The highest BCUT2D eigenvalue weighted by molar-refractivity contribution is 6.36. The fourth-order valence-electron chi connectivity index (χ4n) is 6.45. The van der Waals surface area contributed by atoms with Crippen molar-refractivity contribution < 1.29 is 9.53 Å². The molecule has 2 atom stereocenters. The van der Waals surface area contributed by atoms with E-state index in [-0.39, 0.29) is 24.6 Å². The maximum Gasteiger partial charge on any atom is 0.318 e. The lowest BCUT2D eigenvalue weighted by Gasteiger charge is -2.41. The van der Waals surface area contributed by atoms with Gasteiger partial charge in [0, 0.05) is 55.4 Å². The van der Waals surface area contributed by atoms with Crippen LogP contribution in [0.3, 0.4) is 0 Å². The molecule has 43 heavy (non-hydrogen) atoms. The van der Waals surface area contributed by atoms with Crippen LogP contribution >= 0.6 is 11.6 Å². The Morgan fingerprint density at radius 2 is 2.00 bits per heavy atom. The van der Waals surface area contributed by atoms with Gasteiger partial charge in [0.15, 0.2) is 0 Å². The van der Waals surface area contributed by atoms with E-state index in [1.807, 2.05) is 12.1 Å². The van der Waals surface area contributed by atoms with Crippen molar-refractivity contribution in [2.45, 2.75) is 50.9 Å². The van der Waals surface area contributed by atoms with Crippen LogP contribution in [0.25, 0.3) is 15.6 Å². The molecule has 1 saturated carbocycles. The Labute approximate surface area is 258 Å². The van der Waals surface area contributed by atoms with Gasteiger partial charge in [-0.25, -0.2) is 6.57 Å². The van der Waals surface area contributed by atoms with Crippen LogP contribution in [-0.4, -0.2) is 90.2 Å². The molecule has 0 spiro atoms. The van der Waals surface area contributed by atoms with E-state index in [0.29, 0.717) is 38.2 Å². The number of hydrogen-bond acceptors (Lipinski definition) is 7. The first kappa shape index (κ1) is 29.2. The maximum atomic E-state index is 12.6. The molecule has 1 saturated heterocycles. The van der Waals surface area contributed by atoms with Gasteiger partial charge >= 0.3 is 6.01 Å². The number of fused-ring (bicyclic) bond motifs is 2. The quantitative estimate of drug-likeness (QED) is 0.258. The summed E-state index contributed by atoms with van der Waals surface area (Å²) in [4.78, 5) is 34.8. The van der Waals surface area contributed by atoms with Crippen molar-refractivity contribution in [3.8, 4) is 6.01 Å². The molecule has 3 aromatic rings. The molecule has 2 fully saturated rings. The van der Waals surface area contributed by atoms with E-state index in [1.54, 1.807) is 4.90 Å². The van der Waals surface area contributed by atoms with Gasteiger partial charge in [0.1, 0.15) is 18.0 Å². The Morgan fingerprint density at radius 3 is 2.74 bits per heavy atom. The highest BCUT2D eigenvalue weighted by Gasteiger charge is 2.35. The molecule has 0 bridgehead atoms. The van der Waals surface area contributed by atoms with Crippen molar-refractivity contribution in [3.63, 3.8) is 0 Å². The first-order valence-corrected chi connectivity index (χ1v) is 15.4. The van der Waals surface area contributed by atoms with Gasteiger partial charge in [-0.1, -0.05) is 42.4 Å². The van der Waals surface area contributed by atoms with Crippen molar-refractivity contribution in [2.24, 2.45) is 0 Å². The first-order chi connectivity index (χ1) is 20.9. The molecule has 0 N–H and O–H groups in total. The number of rotatable bonds is 9. The minimum absolute atomic E-state index is 0.0787. The lowest BCUT2D eigenvalue weighted by Crippen LogP contribution is -2.56. The van der Waals surface area contributed by atoms with E-state index < -0.39 is 0 Å². The molecule has 9 nitrogen and oxygen atoms in total. The van der Waals surface area contributed by atoms with E-state index in [2.05, 4.69) is 64.4 Å². The monoisotopic (exact) mass is 599 g/mol. The second-order valence-corrected chi connectivity index (χ2v) is 12.2. The normalized spacial score (nSPS) is 19.2. The Hall–Kier alpha value is -3.87. The zero-order valence-corrected chi connectivity index (χ0v) is 25.6. The van der Waals surface area contributed by atoms with Gasteiger partial charge in [-0.3, -0.25) is 9.69 Å². The number of benzene rings is 2. The molecule has 2 aliphatic heterocycles. The van der Waals surface area contributed by atoms with Crippen LogP contribution in [0, 0.1) is 6.57 Å². The van der Waals surface area contributed by atoms with Crippen molar-refractivity contribution in [1.82, 2.24) is 19.8 Å². The number of aromatic nitrogens is 2. The number of amides is 1. The van der Waals surface area contributed by atoms with Crippen molar-refractivity contribution in [2.75, 3.05) is 56.1 Å². The van der Waals surface area contributed by atoms with Crippen molar-refractivity contribution in [1.29, 1.82) is 0 Å². The molecule has 2 aromatic carbocycles. The molecular formula is C33H38ClN7O2. The Bertz CT molecular complexity index is 1560. The van der Waals surface area contributed by atoms with Gasteiger partial charge in [-0.2, -0.15) is 9.97 Å². The van der Waals surface area contributed by atoms with Gasteiger partial charge in [0.25, 0.3) is 0 Å². The van der Waals surface area contributed by atoms with Crippen LogP contribution in [0.5, 0.6) is 6.01 Å². The minimum atomic E-state index is -0.240. The Morgan fingerprint density at radius 1 is 1.21 bits per heavy atom. The van der Waals surface area contributed by atoms with Gasteiger partial charge in [-0.05, 0) is 56.8 Å². The van der Waals surface area contributed by atoms with E-state index >= 15 is 0 Å². The summed E-state index contributed by atoms with van der Waals surface area (Å²) in [5.41, 5.74) is 3.12. The molecule has 3 heterocycles. The largest absolute Gasteiger partial charge is 0.459 e. The van der Waals surface area contributed by atoms with Crippen molar-refractivity contribution >= 4 is 39.8 Å². The molecule has 1 amide bonds. The van der Waals surface area contributed by atoms with E-state index in [9.17, 15) is 4.79 Å². The molecule has 224 valence electrons. The summed E-state index contributed by atoms with van der Waals surface area (Å²) < 4.78 is 6.39. The smallest absolute Gasteiger partial charge is 0.318 e. The molecular weight excluding hydrogens is 562 g/mol. The first-order valence-electron chi connectivity index (χ1n) is 15.1. The van der Waals surface area contributed by atoms with Crippen molar-refractivity contribution in [3.05, 3.63) is 76.8 Å². The maximum absolute atomic E-state index is 12.6. The molecule has 0 unspecified atom stereocenters. The van der Waals surface area contributed by atoms with Crippen LogP contribution in [0.15, 0.2) is 49.1 Å². The molecule has 6 rings (SSSR count). The van der Waals surface area contributed by atoms with E-state index in [4.69, 9.17) is 32.9 Å². The number of piperazine rings is 1. The summed E-state index contributed by atoms with van der Waals surface area (Å²) in [6.45, 7) is 17.3. The minimum Gasteiger partial charge on any atom is -0.459 e. The number of halogens is 1. The van der Waals surface area contributed by atoms with Gasteiger partial charge in [-0.15, -0.1) is 0 Å². The second-order valence-electron chi connectivity index (χ2n) is 11.8. The lowest BCUT2D eigenvalue weighted by molar-refractivity contribution is -0.128. The third-order valence-corrected chi connectivity index (χ3v) is 9.07. The summed E-state index contributed by atoms with van der Waals surface area (Å²) in [5.74, 6) is 0.707. The standard InChI is InChI=1S/C33H38ClN7O2/c1-5-30(42)41-17-16-40(20-25(41)18-35-3)32-26-14-15-39(29-11-7-9-23-8-6-10-27(34)31(23)29)21-28(26)36-33(37-32)43-22(2)19-38(4)24-12-13-24/h5-11,22,24-25H,1,12-21H2,2,4H3/t22-,25+/m1/s1.